The van der Waals surface area contributed by atoms with Gasteiger partial charge in [-0.05, 0) is 67.1 Å². The molecule has 0 fully saturated rings. The molecule has 5 rings (SSSR count). The van der Waals surface area contributed by atoms with Gasteiger partial charge in [0.1, 0.15) is 5.69 Å². The molecule has 1 atom stereocenters. The lowest BCUT2D eigenvalue weighted by molar-refractivity contribution is 0.0993. The Morgan fingerprint density at radius 1 is 1.09 bits per heavy atom. The molecule has 4 aromatic rings. The number of rotatable bonds is 4. The van der Waals surface area contributed by atoms with Gasteiger partial charge in [-0.25, -0.2) is 4.68 Å². The van der Waals surface area contributed by atoms with E-state index in [9.17, 15) is 9.59 Å². The SMILES string of the molecule is CC1CCc2nc3ccccc3c(C(=O)Nc3ccc(-n4ccc(C(N)=O)n4)cc3)c2C1. The van der Waals surface area contributed by atoms with E-state index < -0.39 is 5.91 Å². The van der Waals surface area contributed by atoms with E-state index in [4.69, 9.17) is 10.7 Å². The van der Waals surface area contributed by atoms with Gasteiger partial charge in [-0.15, -0.1) is 0 Å². The molecule has 7 heteroatoms. The molecule has 2 aromatic heterocycles. The number of hydrogen-bond acceptors (Lipinski definition) is 4. The predicted octanol–water partition coefficient (Wildman–Crippen LogP) is 3.90. The summed E-state index contributed by atoms with van der Waals surface area (Å²) >= 11 is 0. The molecule has 32 heavy (non-hydrogen) atoms. The van der Waals surface area contributed by atoms with E-state index in [1.54, 1.807) is 16.9 Å². The summed E-state index contributed by atoms with van der Waals surface area (Å²) in [7, 11) is 0. The van der Waals surface area contributed by atoms with Crippen molar-refractivity contribution in [1.29, 1.82) is 0 Å². The number of fused-ring (bicyclic) bond motifs is 2. The van der Waals surface area contributed by atoms with E-state index in [1.165, 1.54) is 0 Å². The van der Waals surface area contributed by atoms with Crippen LogP contribution in [0.1, 0.15) is 45.4 Å². The molecular weight excluding hydrogens is 402 g/mol. The van der Waals surface area contributed by atoms with Crippen LogP contribution in [0.15, 0.2) is 60.8 Å². The fourth-order valence-electron chi connectivity index (χ4n) is 4.31. The van der Waals surface area contributed by atoms with Crippen molar-refractivity contribution in [2.45, 2.75) is 26.2 Å². The van der Waals surface area contributed by atoms with Crippen molar-refractivity contribution in [1.82, 2.24) is 14.8 Å². The predicted molar refractivity (Wildman–Crippen MR) is 123 cm³/mol. The van der Waals surface area contributed by atoms with Gasteiger partial charge in [-0.1, -0.05) is 25.1 Å². The van der Waals surface area contributed by atoms with E-state index in [-0.39, 0.29) is 11.6 Å². The molecule has 3 N–H and O–H groups in total. The zero-order valence-electron chi connectivity index (χ0n) is 17.7. The van der Waals surface area contributed by atoms with Crippen molar-refractivity contribution in [3.8, 4) is 5.69 Å². The van der Waals surface area contributed by atoms with Crippen LogP contribution in [0.2, 0.25) is 0 Å². The third kappa shape index (κ3) is 3.62. The van der Waals surface area contributed by atoms with Crippen LogP contribution >= 0.6 is 0 Å². The number of nitrogens with zero attached hydrogens (tertiary/aromatic N) is 3. The van der Waals surface area contributed by atoms with Gasteiger partial charge < -0.3 is 11.1 Å². The molecule has 160 valence electrons. The van der Waals surface area contributed by atoms with Gasteiger partial charge in [0.05, 0.1) is 16.8 Å². The second-order valence-electron chi connectivity index (χ2n) is 8.29. The van der Waals surface area contributed by atoms with Gasteiger partial charge in [-0.2, -0.15) is 5.10 Å². The summed E-state index contributed by atoms with van der Waals surface area (Å²) in [6.45, 7) is 2.22. The molecule has 2 heterocycles. The Bertz CT molecular complexity index is 1340. The highest BCUT2D eigenvalue weighted by atomic mass is 16.2. The maximum atomic E-state index is 13.4. The molecule has 0 saturated carbocycles. The Balaban J connectivity index is 1.46. The molecule has 2 aromatic carbocycles. The van der Waals surface area contributed by atoms with Crippen LogP contribution in [0.25, 0.3) is 16.6 Å². The maximum absolute atomic E-state index is 13.4. The number of pyridine rings is 1. The summed E-state index contributed by atoms with van der Waals surface area (Å²) in [6.07, 6.45) is 4.51. The van der Waals surface area contributed by atoms with Crippen molar-refractivity contribution < 1.29 is 9.59 Å². The molecule has 0 radical (unpaired) electrons. The lowest BCUT2D eigenvalue weighted by Gasteiger charge is -2.24. The molecular formula is C25H23N5O2. The second kappa shape index (κ2) is 7.92. The van der Waals surface area contributed by atoms with E-state index in [0.717, 1.165) is 52.7 Å². The Hall–Kier alpha value is -4.00. The quantitative estimate of drug-likeness (QED) is 0.518. The molecule has 0 aliphatic heterocycles. The molecule has 0 spiro atoms. The zero-order chi connectivity index (χ0) is 22.2. The largest absolute Gasteiger partial charge is 0.364 e. The fourth-order valence-corrected chi connectivity index (χ4v) is 4.31. The molecule has 1 unspecified atom stereocenters. The van der Waals surface area contributed by atoms with Gasteiger partial charge in [0, 0.05) is 23.0 Å². The highest BCUT2D eigenvalue weighted by molar-refractivity contribution is 6.13. The number of nitrogens with two attached hydrogens (primary N) is 1. The van der Waals surface area contributed by atoms with Gasteiger partial charge in [0.25, 0.3) is 11.8 Å². The Morgan fingerprint density at radius 3 is 2.62 bits per heavy atom. The highest BCUT2D eigenvalue weighted by Crippen LogP contribution is 2.32. The minimum atomic E-state index is -0.574. The summed E-state index contributed by atoms with van der Waals surface area (Å²) < 4.78 is 1.57. The standard InChI is InChI=1S/C25H23N5O2/c1-15-6-11-21-19(14-15)23(18-4-2-3-5-20(18)28-21)25(32)27-16-7-9-17(10-8-16)30-13-12-22(29-30)24(26)31/h2-5,7-10,12-13,15H,6,11,14H2,1H3,(H2,26,31)(H,27,32). The van der Waals surface area contributed by atoms with E-state index in [2.05, 4.69) is 17.3 Å². The smallest absolute Gasteiger partial charge is 0.269 e. The lowest BCUT2D eigenvalue weighted by atomic mass is 9.84. The first-order chi connectivity index (χ1) is 15.5. The van der Waals surface area contributed by atoms with Crippen molar-refractivity contribution in [3.05, 3.63) is 83.3 Å². The Kier molecular flexibility index (Phi) is 4.93. The third-order valence-electron chi connectivity index (χ3n) is 5.96. The summed E-state index contributed by atoms with van der Waals surface area (Å²) in [4.78, 5) is 29.5. The van der Waals surface area contributed by atoms with Crippen LogP contribution in [0, 0.1) is 5.92 Å². The third-order valence-corrected chi connectivity index (χ3v) is 5.96. The Labute approximate surface area is 185 Å². The van der Waals surface area contributed by atoms with Crippen LogP contribution in [0.5, 0.6) is 0 Å². The second-order valence-corrected chi connectivity index (χ2v) is 8.29. The van der Waals surface area contributed by atoms with Gasteiger partial charge in [-0.3, -0.25) is 14.6 Å². The number of nitrogens with one attached hydrogen (secondary N) is 1. The van der Waals surface area contributed by atoms with E-state index in [1.807, 2.05) is 48.5 Å². The average Bonchev–Trinajstić information content (AvgIpc) is 3.29. The maximum Gasteiger partial charge on any atom is 0.269 e. The van der Waals surface area contributed by atoms with Gasteiger partial charge >= 0.3 is 0 Å². The number of para-hydroxylation sites is 1. The summed E-state index contributed by atoms with van der Waals surface area (Å²) in [6, 6.07) is 16.7. The monoisotopic (exact) mass is 425 g/mol. The first kappa shape index (κ1) is 19.9. The molecule has 2 amide bonds. The zero-order valence-corrected chi connectivity index (χ0v) is 17.7. The van der Waals surface area contributed by atoms with Crippen molar-refractivity contribution in [3.63, 3.8) is 0 Å². The topological polar surface area (TPSA) is 103 Å². The van der Waals surface area contributed by atoms with E-state index in [0.29, 0.717) is 11.6 Å². The number of hydrogen-bond donors (Lipinski definition) is 2. The number of aromatic nitrogens is 3. The Morgan fingerprint density at radius 2 is 1.88 bits per heavy atom. The molecule has 7 nitrogen and oxygen atoms in total. The number of amides is 2. The van der Waals surface area contributed by atoms with Crippen LogP contribution < -0.4 is 11.1 Å². The number of aryl methyl sites for hydroxylation is 1. The number of primary amides is 1. The number of carbonyl (C=O) groups is 2. The van der Waals surface area contributed by atoms with Gasteiger partial charge in [0.15, 0.2) is 0 Å². The van der Waals surface area contributed by atoms with E-state index >= 15 is 0 Å². The van der Waals surface area contributed by atoms with Crippen molar-refractivity contribution in [2.24, 2.45) is 11.7 Å². The minimum absolute atomic E-state index is 0.128. The molecule has 1 aliphatic rings. The summed E-state index contributed by atoms with van der Waals surface area (Å²) in [5.41, 5.74) is 10.6. The number of carbonyl (C=O) groups excluding carboxylic acids is 2. The van der Waals surface area contributed by atoms with Crippen LogP contribution in [-0.4, -0.2) is 26.6 Å². The van der Waals surface area contributed by atoms with Gasteiger partial charge in [0.2, 0.25) is 0 Å². The van der Waals surface area contributed by atoms with Crippen LogP contribution in [0.4, 0.5) is 5.69 Å². The minimum Gasteiger partial charge on any atom is -0.364 e. The first-order valence-corrected chi connectivity index (χ1v) is 10.7. The molecule has 0 saturated heterocycles. The molecule has 1 aliphatic carbocycles. The van der Waals surface area contributed by atoms with Crippen molar-refractivity contribution in [2.75, 3.05) is 5.32 Å². The summed E-state index contributed by atoms with van der Waals surface area (Å²) in [5.74, 6) is -0.178. The first-order valence-electron chi connectivity index (χ1n) is 10.7. The summed E-state index contributed by atoms with van der Waals surface area (Å²) in [5, 5.41) is 8.08. The normalized spacial score (nSPS) is 15.3. The van der Waals surface area contributed by atoms with Crippen molar-refractivity contribution >= 4 is 28.4 Å². The number of benzene rings is 2. The molecule has 0 bridgehead atoms. The van der Waals surface area contributed by atoms with Crippen LogP contribution in [0.3, 0.4) is 0 Å². The highest BCUT2D eigenvalue weighted by Gasteiger charge is 2.25. The fraction of sp³-hybridized carbons (Fsp3) is 0.200. The van der Waals surface area contributed by atoms with Crippen LogP contribution in [-0.2, 0) is 12.8 Å². The lowest BCUT2D eigenvalue weighted by Crippen LogP contribution is -2.21. The number of anilines is 1. The average molecular weight is 425 g/mol.